The summed E-state index contributed by atoms with van der Waals surface area (Å²) in [4.78, 5) is 10.2. The van der Waals surface area contributed by atoms with Gasteiger partial charge in [0.1, 0.15) is 0 Å². The van der Waals surface area contributed by atoms with Crippen LogP contribution in [0.1, 0.15) is 44.9 Å². The molecule has 0 bridgehead atoms. The standard InChI is InChI=1S/C15H21NO2/c16-12-14-10-8-13(9-11-14)6-4-2-1-3-5-7-15(17)18/h1,3,5,7,13-14H,2,4,6,8-11H2,(H,17,18)/b3-1+,7-5+. The van der Waals surface area contributed by atoms with E-state index in [0.717, 1.165) is 37.7 Å². The Morgan fingerprint density at radius 1 is 1.28 bits per heavy atom. The molecule has 0 aromatic carbocycles. The molecule has 0 aromatic rings. The van der Waals surface area contributed by atoms with Gasteiger partial charge in [-0.2, -0.15) is 5.26 Å². The van der Waals surface area contributed by atoms with Crippen LogP contribution in [-0.4, -0.2) is 11.1 Å². The molecule has 1 fully saturated rings. The van der Waals surface area contributed by atoms with Crippen LogP contribution < -0.4 is 0 Å². The van der Waals surface area contributed by atoms with Crippen molar-refractivity contribution in [3.63, 3.8) is 0 Å². The highest BCUT2D eigenvalue weighted by molar-refractivity contribution is 5.80. The molecule has 0 heterocycles. The monoisotopic (exact) mass is 247 g/mol. The SMILES string of the molecule is N#CC1CCC(CCC/C=C/C=C/C(=O)O)CC1. The van der Waals surface area contributed by atoms with Gasteiger partial charge in [-0.3, -0.25) is 0 Å². The van der Waals surface area contributed by atoms with E-state index in [-0.39, 0.29) is 0 Å². The number of unbranched alkanes of at least 4 members (excludes halogenated alkanes) is 1. The predicted molar refractivity (Wildman–Crippen MR) is 70.8 cm³/mol. The van der Waals surface area contributed by atoms with E-state index in [1.54, 1.807) is 12.2 Å². The van der Waals surface area contributed by atoms with Crippen molar-refractivity contribution in [2.45, 2.75) is 44.9 Å². The van der Waals surface area contributed by atoms with Crippen molar-refractivity contribution < 1.29 is 9.90 Å². The molecule has 0 radical (unpaired) electrons. The largest absolute Gasteiger partial charge is 0.478 e. The lowest BCUT2D eigenvalue weighted by molar-refractivity contribution is -0.131. The lowest BCUT2D eigenvalue weighted by Crippen LogP contribution is -2.13. The Bertz CT molecular complexity index is 344. The Kier molecular flexibility index (Phi) is 6.86. The number of hydrogen-bond acceptors (Lipinski definition) is 2. The average Bonchev–Trinajstić information content (AvgIpc) is 2.38. The van der Waals surface area contributed by atoms with Gasteiger partial charge in [-0.05, 0) is 44.4 Å². The lowest BCUT2D eigenvalue weighted by Gasteiger charge is -2.24. The molecule has 3 nitrogen and oxygen atoms in total. The molecule has 1 saturated carbocycles. The summed E-state index contributed by atoms with van der Waals surface area (Å²) in [5.74, 6) is 0.175. The van der Waals surface area contributed by atoms with Gasteiger partial charge < -0.3 is 5.11 Å². The number of rotatable bonds is 6. The minimum Gasteiger partial charge on any atom is -0.478 e. The molecule has 98 valence electrons. The van der Waals surface area contributed by atoms with Crippen LogP contribution in [-0.2, 0) is 4.79 Å². The predicted octanol–water partition coefficient (Wildman–Crippen LogP) is 3.68. The molecule has 0 aliphatic heterocycles. The summed E-state index contributed by atoms with van der Waals surface area (Å²) in [6, 6.07) is 2.36. The third-order valence-electron chi connectivity index (χ3n) is 3.50. The van der Waals surface area contributed by atoms with Gasteiger partial charge in [0.05, 0.1) is 6.07 Å². The fraction of sp³-hybridized carbons (Fsp3) is 0.600. The first-order valence-corrected chi connectivity index (χ1v) is 6.68. The first-order chi connectivity index (χ1) is 8.72. The topological polar surface area (TPSA) is 61.1 Å². The van der Waals surface area contributed by atoms with Gasteiger partial charge in [-0.15, -0.1) is 0 Å². The van der Waals surface area contributed by atoms with Gasteiger partial charge >= 0.3 is 5.97 Å². The van der Waals surface area contributed by atoms with Crippen LogP contribution in [0.5, 0.6) is 0 Å². The van der Waals surface area contributed by atoms with Crippen molar-refractivity contribution in [2.75, 3.05) is 0 Å². The molecule has 18 heavy (non-hydrogen) atoms. The second-order valence-electron chi connectivity index (χ2n) is 4.90. The molecule has 1 aliphatic rings. The number of hydrogen-bond donors (Lipinski definition) is 1. The van der Waals surface area contributed by atoms with E-state index < -0.39 is 5.97 Å². The zero-order valence-corrected chi connectivity index (χ0v) is 10.7. The third kappa shape index (κ3) is 6.24. The molecular formula is C15H21NO2. The maximum atomic E-state index is 10.2. The van der Waals surface area contributed by atoms with E-state index in [4.69, 9.17) is 10.4 Å². The van der Waals surface area contributed by atoms with Crippen LogP contribution in [0.3, 0.4) is 0 Å². The van der Waals surface area contributed by atoms with Gasteiger partial charge in [-0.25, -0.2) is 4.79 Å². The summed E-state index contributed by atoms with van der Waals surface area (Å²) in [5.41, 5.74) is 0. The highest BCUT2D eigenvalue weighted by Gasteiger charge is 2.19. The first kappa shape index (κ1) is 14.5. The van der Waals surface area contributed by atoms with Crippen LogP contribution in [0.25, 0.3) is 0 Å². The Labute approximate surface area is 109 Å². The first-order valence-electron chi connectivity index (χ1n) is 6.68. The lowest BCUT2D eigenvalue weighted by atomic mass is 9.80. The molecule has 1 aliphatic carbocycles. The summed E-state index contributed by atoms with van der Waals surface area (Å²) in [6.07, 6.45) is 14.4. The molecule has 0 saturated heterocycles. The molecule has 0 aromatic heterocycles. The van der Waals surface area contributed by atoms with Gasteiger partial charge in [0.25, 0.3) is 0 Å². The molecule has 0 unspecified atom stereocenters. The zero-order chi connectivity index (χ0) is 13.2. The highest BCUT2D eigenvalue weighted by atomic mass is 16.4. The Morgan fingerprint density at radius 2 is 2.00 bits per heavy atom. The molecule has 0 spiro atoms. The molecule has 0 amide bonds. The van der Waals surface area contributed by atoms with Crippen LogP contribution in [0.2, 0.25) is 0 Å². The van der Waals surface area contributed by atoms with Crippen molar-refractivity contribution in [3.8, 4) is 6.07 Å². The quantitative estimate of drug-likeness (QED) is 0.442. The minimum absolute atomic E-state index is 0.294. The summed E-state index contributed by atoms with van der Waals surface area (Å²) in [5, 5.41) is 17.2. The fourth-order valence-corrected chi connectivity index (χ4v) is 2.42. The van der Waals surface area contributed by atoms with Crippen molar-refractivity contribution in [1.29, 1.82) is 5.26 Å². The number of carboxylic acid groups (broad SMARTS) is 1. The van der Waals surface area contributed by atoms with Crippen LogP contribution in [0.15, 0.2) is 24.3 Å². The number of nitriles is 1. The third-order valence-corrected chi connectivity index (χ3v) is 3.50. The van der Waals surface area contributed by atoms with E-state index in [2.05, 4.69) is 6.07 Å². The van der Waals surface area contributed by atoms with E-state index in [9.17, 15) is 4.79 Å². The van der Waals surface area contributed by atoms with E-state index in [1.807, 2.05) is 6.08 Å². The van der Waals surface area contributed by atoms with E-state index in [0.29, 0.717) is 5.92 Å². The second kappa shape index (κ2) is 8.52. The maximum absolute atomic E-state index is 10.2. The van der Waals surface area contributed by atoms with E-state index >= 15 is 0 Å². The Hall–Kier alpha value is -1.56. The number of carbonyl (C=O) groups is 1. The molecular weight excluding hydrogens is 226 g/mol. The molecule has 0 atom stereocenters. The number of carboxylic acids is 1. The van der Waals surface area contributed by atoms with Gasteiger partial charge in [0, 0.05) is 12.0 Å². The zero-order valence-electron chi connectivity index (χ0n) is 10.7. The normalized spacial score (nSPS) is 24.4. The molecule has 1 N–H and O–H groups in total. The van der Waals surface area contributed by atoms with Crippen LogP contribution >= 0.6 is 0 Å². The van der Waals surface area contributed by atoms with Gasteiger partial charge in [0.2, 0.25) is 0 Å². The van der Waals surface area contributed by atoms with Crippen molar-refractivity contribution >= 4 is 5.97 Å². The Balaban J connectivity index is 2.05. The van der Waals surface area contributed by atoms with Gasteiger partial charge in [-0.1, -0.05) is 24.6 Å². The summed E-state index contributed by atoms with van der Waals surface area (Å²) in [6.45, 7) is 0. The van der Waals surface area contributed by atoms with Crippen molar-refractivity contribution in [1.82, 2.24) is 0 Å². The van der Waals surface area contributed by atoms with Crippen molar-refractivity contribution in [3.05, 3.63) is 24.3 Å². The van der Waals surface area contributed by atoms with Crippen LogP contribution in [0.4, 0.5) is 0 Å². The van der Waals surface area contributed by atoms with Crippen LogP contribution in [0, 0.1) is 23.2 Å². The van der Waals surface area contributed by atoms with E-state index in [1.165, 1.54) is 19.3 Å². The molecule has 1 rings (SSSR count). The molecule has 3 heteroatoms. The van der Waals surface area contributed by atoms with Crippen molar-refractivity contribution in [2.24, 2.45) is 11.8 Å². The maximum Gasteiger partial charge on any atom is 0.328 e. The Morgan fingerprint density at radius 3 is 2.61 bits per heavy atom. The number of allylic oxidation sites excluding steroid dienone is 3. The fourth-order valence-electron chi connectivity index (χ4n) is 2.42. The number of aliphatic carboxylic acids is 1. The second-order valence-corrected chi connectivity index (χ2v) is 4.90. The summed E-state index contributed by atoms with van der Waals surface area (Å²) >= 11 is 0. The minimum atomic E-state index is -0.908. The summed E-state index contributed by atoms with van der Waals surface area (Å²) < 4.78 is 0. The summed E-state index contributed by atoms with van der Waals surface area (Å²) in [7, 11) is 0. The van der Waals surface area contributed by atoms with Gasteiger partial charge in [0.15, 0.2) is 0 Å². The number of nitrogens with zero attached hydrogens (tertiary/aromatic N) is 1. The smallest absolute Gasteiger partial charge is 0.328 e. The average molecular weight is 247 g/mol. The highest BCUT2D eigenvalue weighted by Crippen LogP contribution is 2.31.